The third-order valence-corrected chi connectivity index (χ3v) is 3.13. The van der Waals surface area contributed by atoms with Crippen LogP contribution in [0.2, 0.25) is 0 Å². The minimum atomic E-state index is 0.246. The summed E-state index contributed by atoms with van der Waals surface area (Å²) in [6.45, 7) is 1.52. The minimum absolute atomic E-state index is 0.246. The molecule has 0 saturated carbocycles. The number of aromatic amines is 1. The number of nitrogens with one attached hydrogen (secondary N) is 1. The number of hydrogen-bond acceptors (Lipinski definition) is 5. The van der Waals surface area contributed by atoms with Gasteiger partial charge in [0.15, 0.2) is 0 Å². The Balaban J connectivity index is 2.05. The Labute approximate surface area is 133 Å². The van der Waals surface area contributed by atoms with Crippen LogP contribution in [0.3, 0.4) is 0 Å². The molecule has 0 aliphatic carbocycles. The molecule has 2 aromatic rings. The zero-order valence-corrected chi connectivity index (χ0v) is 12.8. The van der Waals surface area contributed by atoms with Crippen molar-refractivity contribution in [3.8, 4) is 0 Å². The van der Waals surface area contributed by atoms with E-state index < -0.39 is 0 Å². The van der Waals surface area contributed by atoms with Crippen molar-refractivity contribution < 1.29 is 0 Å². The number of hydrogen-bond donors (Lipinski definition) is 2. The largest absolute Gasteiger partial charge is 0.369 e. The van der Waals surface area contributed by atoms with Gasteiger partial charge in [0.2, 0.25) is 5.95 Å². The summed E-state index contributed by atoms with van der Waals surface area (Å²) in [5, 5.41) is 6.36. The molecule has 6 nitrogen and oxygen atoms in total. The van der Waals surface area contributed by atoms with Gasteiger partial charge in [0.05, 0.1) is 0 Å². The Bertz CT molecular complexity index is 575. The number of nitrogens with two attached hydrogens (primary N) is 1. The molecule has 1 aromatic heterocycles. The number of benzene rings is 1. The molecule has 0 atom stereocenters. The number of anilines is 2. The van der Waals surface area contributed by atoms with Gasteiger partial charge in [-0.2, -0.15) is 4.98 Å². The maximum Gasteiger partial charge on any atom is 0.269 e. The van der Waals surface area contributed by atoms with Crippen LogP contribution in [0, 0.1) is 0 Å². The van der Waals surface area contributed by atoms with E-state index in [4.69, 9.17) is 28.9 Å². The Hall–Kier alpha value is -1.79. The van der Waals surface area contributed by atoms with Crippen molar-refractivity contribution in [1.82, 2.24) is 15.2 Å². The highest BCUT2D eigenvalue weighted by molar-refractivity contribution is 6.18. The van der Waals surface area contributed by atoms with Gasteiger partial charge < -0.3 is 10.6 Å². The number of nitrogens with zero attached hydrogens (tertiary/aromatic N) is 4. The van der Waals surface area contributed by atoms with Gasteiger partial charge in [-0.25, -0.2) is 10.1 Å². The first-order valence-electron chi connectivity index (χ1n) is 6.42. The molecule has 0 spiro atoms. The SMILES string of the molecule is Nc1nc(N=Cc2ccc(N(CCCl)CCCl)cc2)n[nH]1. The topological polar surface area (TPSA) is 83.2 Å². The lowest BCUT2D eigenvalue weighted by atomic mass is 10.2. The molecule has 1 aromatic carbocycles. The quantitative estimate of drug-likeness (QED) is 0.604. The van der Waals surface area contributed by atoms with Crippen molar-refractivity contribution in [2.45, 2.75) is 0 Å². The fourth-order valence-corrected chi connectivity index (χ4v) is 2.21. The molecule has 0 aliphatic heterocycles. The van der Waals surface area contributed by atoms with Crippen LogP contribution in [0.5, 0.6) is 0 Å². The second kappa shape index (κ2) is 7.85. The van der Waals surface area contributed by atoms with Crippen molar-refractivity contribution in [2.24, 2.45) is 4.99 Å². The molecule has 1 heterocycles. The van der Waals surface area contributed by atoms with Crippen LogP contribution in [0.1, 0.15) is 5.56 Å². The number of halogens is 2. The number of aromatic nitrogens is 3. The molecule has 0 unspecified atom stereocenters. The lowest BCUT2D eigenvalue weighted by molar-refractivity contribution is 0.874. The summed E-state index contributed by atoms with van der Waals surface area (Å²) in [6.07, 6.45) is 1.68. The van der Waals surface area contributed by atoms with E-state index in [1.165, 1.54) is 0 Å². The van der Waals surface area contributed by atoms with Crippen LogP contribution >= 0.6 is 23.2 Å². The summed E-state index contributed by atoms with van der Waals surface area (Å²) >= 11 is 11.6. The van der Waals surface area contributed by atoms with Gasteiger partial charge >= 0.3 is 0 Å². The Morgan fingerprint density at radius 3 is 2.38 bits per heavy atom. The summed E-state index contributed by atoms with van der Waals surface area (Å²) in [4.78, 5) is 10.2. The van der Waals surface area contributed by atoms with Crippen molar-refractivity contribution in [3.05, 3.63) is 29.8 Å². The number of rotatable bonds is 7. The molecule has 0 saturated heterocycles. The fraction of sp³-hybridized carbons (Fsp3) is 0.308. The van der Waals surface area contributed by atoms with Gasteiger partial charge in [0, 0.05) is 36.8 Å². The second-order valence-electron chi connectivity index (χ2n) is 4.24. The third-order valence-electron chi connectivity index (χ3n) is 2.79. The summed E-state index contributed by atoms with van der Waals surface area (Å²) in [5.74, 6) is 1.68. The van der Waals surface area contributed by atoms with Gasteiger partial charge in [-0.15, -0.1) is 28.3 Å². The monoisotopic (exact) mass is 326 g/mol. The van der Waals surface area contributed by atoms with Crippen LogP contribution in [0.4, 0.5) is 17.6 Å². The molecular formula is C13H16Cl2N6. The predicted octanol–water partition coefficient (Wildman–Crippen LogP) is 2.42. The van der Waals surface area contributed by atoms with Crippen LogP contribution in [-0.4, -0.2) is 46.2 Å². The van der Waals surface area contributed by atoms with Crippen molar-refractivity contribution in [1.29, 1.82) is 0 Å². The zero-order chi connectivity index (χ0) is 15.1. The Morgan fingerprint density at radius 2 is 1.86 bits per heavy atom. The van der Waals surface area contributed by atoms with Gasteiger partial charge in [-0.05, 0) is 17.7 Å². The van der Waals surface area contributed by atoms with E-state index in [2.05, 4.69) is 25.1 Å². The lowest BCUT2D eigenvalue weighted by Crippen LogP contribution is -2.27. The lowest BCUT2D eigenvalue weighted by Gasteiger charge is -2.22. The van der Waals surface area contributed by atoms with E-state index in [9.17, 15) is 0 Å². The maximum atomic E-state index is 5.80. The number of nitrogen functional groups attached to an aromatic ring is 1. The first kappa shape index (κ1) is 15.6. The van der Waals surface area contributed by atoms with Gasteiger partial charge in [-0.1, -0.05) is 12.1 Å². The first-order valence-corrected chi connectivity index (χ1v) is 7.48. The highest BCUT2D eigenvalue weighted by atomic mass is 35.5. The second-order valence-corrected chi connectivity index (χ2v) is 4.99. The van der Waals surface area contributed by atoms with E-state index in [-0.39, 0.29) is 5.95 Å². The summed E-state index contributed by atoms with van der Waals surface area (Å²) in [6, 6.07) is 7.94. The van der Waals surface area contributed by atoms with E-state index in [0.717, 1.165) is 24.3 Å². The van der Waals surface area contributed by atoms with Crippen molar-refractivity contribution in [3.63, 3.8) is 0 Å². The molecule has 8 heteroatoms. The molecule has 0 bridgehead atoms. The predicted molar refractivity (Wildman–Crippen MR) is 88.1 cm³/mol. The highest BCUT2D eigenvalue weighted by Crippen LogP contribution is 2.15. The number of alkyl halides is 2. The smallest absolute Gasteiger partial charge is 0.269 e. The standard InChI is InChI=1S/C13H16Cl2N6/c14-5-7-21(8-6-15)11-3-1-10(2-4-11)9-17-13-18-12(16)19-20-13/h1-4,9H,5-8H2,(H3,16,18,19,20). The zero-order valence-electron chi connectivity index (χ0n) is 11.3. The molecule has 2 rings (SSSR count). The molecule has 21 heavy (non-hydrogen) atoms. The Morgan fingerprint density at radius 1 is 1.19 bits per heavy atom. The van der Waals surface area contributed by atoms with Crippen LogP contribution in [0.15, 0.2) is 29.3 Å². The van der Waals surface area contributed by atoms with Gasteiger partial charge in [0.25, 0.3) is 5.95 Å². The molecule has 0 radical (unpaired) electrons. The fourth-order valence-electron chi connectivity index (χ4n) is 1.80. The molecule has 0 fully saturated rings. The molecule has 3 N–H and O–H groups in total. The normalized spacial score (nSPS) is 11.1. The molecule has 112 valence electrons. The average Bonchev–Trinajstić information content (AvgIpc) is 2.91. The minimum Gasteiger partial charge on any atom is -0.369 e. The van der Waals surface area contributed by atoms with Crippen LogP contribution in [-0.2, 0) is 0 Å². The first-order chi connectivity index (χ1) is 10.2. The van der Waals surface area contributed by atoms with E-state index in [1.54, 1.807) is 6.21 Å². The number of aliphatic imine (C=N–C) groups is 1. The summed E-state index contributed by atoms with van der Waals surface area (Å²) < 4.78 is 0. The molecular weight excluding hydrogens is 311 g/mol. The maximum absolute atomic E-state index is 5.80. The van der Waals surface area contributed by atoms with Crippen LogP contribution in [0.25, 0.3) is 0 Å². The Kier molecular flexibility index (Phi) is 5.83. The number of H-pyrrole nitrogens is 1. The van der Waals surface area contributed by atoms with Gasteiger partial charge in [-0.3, -0.25) is 0 Å². The summed E-state index contributed by atoms with van der Waals surface area (Å²) in [5.41, 5.74) is 7.45. The molecule has 0 amide bonds. The van der Waals surface area contributed by atoms with Crippen molar-refractivity contribution in [2.75, 3.05) is 35.5 Å². The van der Waals surface area contributed by atoms with E-state index in [1.807, 2.05) is 24.3 Å². The van der Waals surface area contributed by atoms with Crippen LogP contribution < -0.4 is 10.6 Å². The van der Waals surface area contributed by atoms with E-state index in [0.29, 0.717) is 17.7 Å². The van der Waals surface area contributed by atoms with Gasteiger partial charge in [0.1, 0.15) is 0 Å². The van der Waals surface area contributed by atoms with E-state index >= 15 is 0 Å². The van der Waals surface area contributed by atoms with Crippen molar-refractivity contribution >= 4 is 47.0 Å². The average molecular weight is 327 g/mol. The molecule has 0 aliphatic rings. The summed E-state index contributed by atoms with van der Waals surface area (Å²) in [7, 11) is 0. The third kappa shape index (κ3) is 4.61. The highest BCUT2D eigenvalue weighted by Gasteiger charge is 2.04.